The second kappa shape index (κ2) is 5.23. The third-order valence-electron chi connectivity index (χ3n) is 4.78. The standard InChI is InChI=1S/C17H23N3/c1-2-4-16-14(3-1)15-11-13(5-6-17(15)19-16)12-20-9-7-18-8-10-20/h5-6,11,18-19H,1-4,7-10,12H2. The van der Waals surface area contributed by atoms with Gasteiger partial charge in [0.25, 0.3) is 0 Å². The van der Waals surface area contributed by atoms with Gasteiger partial charge in [0.15, 0.2) is 0 Å². The number of rotatable bonds is 2. The predicted octanol–water partition coefficient (Wildman–Crippen LogP) is 2.45. The first-order valence-electron chi connectivity index (χ1n) is 7.95. The van der Waals surface area contributed by atoms with Crippen LogP contribution in [0.15, 0.2) is 18.2 Å². The summed E-state index contributed by atoms with van der Waals surface area (Å²) in [4.78, 5) is 6.18. The molecule has 2 N–H and O–H groups in total. The Hall–Kier alpha value is -1.32. The number of hydrogen-bond acceptors (Lipinski definition) is 2. The summed E-state index contributed by atoms with van der Waals surface area (Å²) >= 11 is 0. The van der Waals surface area contributed by atoms with E-state index in [9.17, 15) is 0 Å². The molecule has 3 nitrogen and oxygen atoms in total. The lowest BCUT2D eigenvalue weighted by atomic mass is 9.95. The van der Waals surface area contributed by atoms with Gasteiger partial charge in [0.1, 0.15) is 0 Å². The van der Waals surface area contributed by atoms with Gasteiger partial charge >= 0.3 is 0 Å². The quantitative estimate of drug-likeness (QED) is 0.877. The fraction of sp³-hybridized carbons (Fsp3) is 0.529. The van der Waals surface area contributed by atoms with Crippen LogP contribution in [-0.2, 0) is 19.4 Å². The van der Waals surface area contributed by atoms with Gasteiger partial charge in [-0.1, -0.05) is 6.07 Å². The molecule has 1 fully saturated rings. The average molecular weight is 269 g/mol. The number of aryl methyl sites for hydroxylation is 2. The molecule has 3 heteroatoms. The van der Waals surface area contributed by atoms with Gasteiger partial charge < -0.3 is 10.3 Å². The van der Waals surface area contributed by atoms with Crippen molar-refractivity contribution in [2.24, 2.45) is 0 Å². The Bertz CT molecular complexity index is 608. The molecule has 1 aliphatic heterocycles. The van der Waals surface area contributed by atoms with Gasteiger partial charge in [-0.3, -0.25) is 4.90 Å². The summed E-state index contributed by atoms with van der Waals surface area (Å²) in [5.74, 6) is 0. The van der Waals surface area contributed by atoms with Gasteiger partial charge in [0.05, 0.1) is 0 Å². The second-order valence-electron chi connectivity index (χ2n) is 6.20. The monoisotopic (exact) mass is 269 g/mol. The van der Waals surface area contributed by atoms with E-state index in [1.54, 1.807) is 5.56 Å². The van der Waals surface area contributed by atoms with E-state index in [4.69, 9.17) is 0 Å². The second-order valence-corrected chi connectivity index (χ2v) is 6.20. The number of piperazine rings is 1. The fourth-order valence-electron chi connectivity index (χ4n) is 3.68. The van der Waals surface area contributed by atoms with Crippen molar-refractivity contribution in [2.45, 2.75) is 32.2 Å². The number of benzene rings is 1. The summed E-state index contributed by atoms with van der Waals surface area (Å²) in [5.41, 5.74) is 5.88. The molecule has 20 heavy (non-hydrogen) atoms. The Morgan fingerprint density at radius 1 is 1.05 bits per heavy atom. The van der Waals surface area contributed by atoms with Crippen LogP contribution in [0.3, 0.4) is 0 Å². The molecule has 2 aromatic rings. The molecule has 0 saturated carbocycles. The van der Waals surface area contributed by atoms with E-state index in [0.717, 1.165) is 19.6 Å². The molecule has 0 radical (unpaired) electrons. The van der Waals surface area contributed by atoms with Crippen molar-refractivity contribution in [3.05, 3.63) is 35.0 Å². The van der Waals surface area contributed by atoms with Gasteiger partial charge in [0, 0.05) is 49.3 Å². The summed E-state index contributed by atoms with van der Waals surface area (Å²) in [6.07, 6.45) is 5.18. The zero-order valence-corrected chi connectivity index (χ0v) is 12.0. The lowest BCUT2D eigenvalue weighted by molar-refractivity contribution is 0.233. The molecule has 1 saturated heterocycles. The zero-order chi connectivity index (χ0) is 13.4. The highest BCUT2D eigenvalue weighted by atomic mass is 15.2. The number of aromatic nitrogens is 1. The Balaban J connectivity index is 1.63. The molecule has 0 amide bonds. The number of fused-ring (bicyclic) bond motifs is 3. The van der Waals surface area contributed by atoms with Crippen molar-refractivity contribution < 1.29 is 0 Å². The van der Waals surface area contributed by atoms with Gasteiger partial charge in [0.2, 0.25) is 0 Å². The van der Waals surface area contributed by atoms with Crippen molar-refractivity contribution in [3.63, 3.8) is 0 Å². The van der Waals surface area contributed by atoms with Crippen LogP contribution in [-0.4, -0.2) is 36.1 Å². The summed E-state index contributed by atoms with van der Waals surface area (Å²) in [7, 11) is 0. The van der Waals surface area contributed by atoms with E-state index in [0.29, 0.717) is 0 Å². The van der Waals surface area contributed by atoms with Crippen LogP contribution in [0.25, 0.3) is 10.9 Å². The maximum atomic E-state index is 3.62. The van der Waals surface area contributed by atoms with Crippen molar-refractivity contribution in [2.75, 3.05) is 26.2 Å². The van der Waals surface area contributed by atoms with Crippen LogP contribution >= 0.6 is 0 Å². The molecule has 2 heterocycles. The highest BCUT2D eigenvalue weighted by Gasteiger charge is 2.16. The minimum absolute atomic E-state index is 1.09. The molecular formula is C17H23N3. The first-order valence-corrected chi connectivity index (χ1v) is 7.95. The van der Waals surface area contributed by atoms with Gasteiger partial charge in [-0.2, -0.15) is 0 Å². The minimum Gasteiger partial charge on any atom is -0.358 e. The van der Waals surface area contributed by atoms with E-state index in [2.05, 4.69) is 33.4 Å². The van der Waals surface area contributed by atoms with Crippen molar-refractivity contribution in [1.29, 1.82) is 0 Å². The molecule has 0 atom stereocenters. The van der Waals surface area contributed by atoms with E-state index in [1.807, 2.05) is 0 Å². The smallest absolute Gasteiger partial charge is 0.0459 e. The third kappa shape index (κ3) is 2.25. The summed E-state index contributed by atoms with van der Waals surface area (Å²) in [6, 6.07) is 7.01. The molecule has 0 bridgehead atoms. The SMILES string of the molecule is c1cc2[nH]c3c(c2cc1CN1CCNCC1)CCCC3. The average Bonchev–Trinajstić information content (AvgIpc) is 2.86. The minimum atomic E-state index is 1.09. The molecule has 1 aliphatic carbocycles. The molecule has 1 aromatic heterocycles. The summed E-state index contributed by atoms with van der Waals surface area (Å²) in [6.45, 7) is 5.69. The van der Waals surface area contributed by atoms with Crippen LogP contribution in [0, 0.1) is 0 Å². The van der Waals surface area contributed by atoms with Crippen molar-refractivity contribution in [3.8, 4) is 0 Å². The number of H-pyrrole nitrogens is 1. The number of hydrogen-bond donors (Lipinski definition) is 2. The molecule has 2 aliphatic rings. The van der Waals surface area contributed by atoms with Crippen LogP contribution in [0.5, 0.6) is 0 Å². The van der Waals surface area contributed by atoms with Crippen LogP contribution in [0.4, 0.5) is 0 Å². The molecule has 0 unspecified atom stereocenters. The number of nitrogens with one attached hydrogen (secondary N) is 2. The Labute approximate surface area is 120 Å². The lowest BCUT2D eigenvalue weighted by Gasteiger charge is -2.27. The molecular weight excluding hydrogens is 246 g/mol. The lowest BCUT2D eigenvalue weighted by Crippen LogP contribution is -2.42. The fourth-order valence-corrected chi connectivity index (χ4v) is 3.68. The summed E-state index contributed by atoms with van der Waals surface area (Å²) < 4.78 is 0. The van der Waals surface area contributed by atoms with E-state index in [1.165, 1.54) is 60.9 Å². The highest BCUT2D eigenvalue weighted by Crippen LogP contribution is 2.29. The first kappa shape index (κ1) is 12.4. The first-order chi connectivity index (χ1) is 9.90. The normalized spacial score (nSPS) is 20.2. The molecule has 4 rings (SSSR count). The van der Waals surface area contributed by atoms with Crippen molar-refractivity contribution >= 4 is 10.9 Å². The van der Waals surface area contributed by atoms with Crippen LogP contribution < -0.4 is 5.32 Å². The van der Waals surface area contributed by atoms with Crippen LogP contribution in [0.2, 0.25) is 0 Å². The molecule has 1 aromatic carbocycles. The van der Waals surface area contributed by atoms with Gasteiger partial charge in [-0.05, 0) is 48.9 Å². The Morgan fingerprint density at radius 3 is 2.80 bits per heavy atom. The zero-order valence-electron chi connectivity index (χ0n) is 12.0. The maximum absolute atomic E-state index is 3.62. The summed E-state index contributed by atoms with van der Waals surface area (Å²) in [5, 5.41) is 4.90. The van der Waals surface area contributed by atoms with Crippen LogP contribution in [0.1, 0.15) is 29.7 Å². The van der Waals surface area contributed by atoms with E-state index < -0.39 is 0 Å². The van der Waals surface area contributed by atoms with Gasteiger partial charge in [-0.15, -0.1) is 0 Å². The maximum Gasteiger partial charge on any atom is 0.0459 e. The highest BCUT2D eigenvalue weighted by molar-refractivity contribution is 5.85. The topological polar surface area (TPSA) is 31.1 Å². The third-order valence-corrected chi connectivity index (χ3v) is 4.78. The Morgan fingerprint density at radius 2 is 1.90 bits per heavy atom. The molecule has 106 valence electrons. The van der Waals surface area contributed by atoms with E-state index >= 15 is 0 Å². The van der Waals surface area contributed by atoms with Gasteiger partial charge in [-0.25, -0.2) is 0 Å². The largest absolute Gasteiger partial charge is 0.358 e. The van der Waals surface area contributed by atoms with Crippen molar-refractivity contribution in [1.82, 2.24) is 15.2 Å². The van der Waals surface area contributed by atoms with E-state index in [-0.39, 0.29) is 0 Å². The Kier molecular flexibility index (Phi) is 3.25. The number of nitrogens with zero attached hydrogens (tertiary/aromatic N) is 1. The number of aromatic amines is 1. The predicted molar refractivity (Wildman–Crippen MR) is 83.1 cm³/mol. The molecule has 0 spiro atoms.